The minimum Gasteiger partial charge on any atom is -0.242 e. The molecule has 0 aliphatic carbocycles. The minimum atomic E-state index is 0.103. The van der Waals surface area contributed by atoms with Gasteiger partial charge in [0.2, 0.25) is 0 Å². The summed E-state index contributed by atoms with van der Waals surface area (Å²) in [5.74, 6) is 0.840. The van der Waals surface area contributed by atoms with E-state index in [9.17, 15) is 0 Å². The van der Waals surface area contributed by atoms with Crippen LogP contribution in [0.5, 0.6) is 0 Å². The van der Waals surface area contributed by atoms with Crippen LogP contribution in [0.25, 0.3) is 0 Å². The van der Waals surface area contributed by atoms with Crippen molar-refractivity contribution >= 4 is 22.6 Å². The normalized spacial score (nSPS) is 11.6. The van der Waals surface area contributed by atoms with E-state index in [1.807, 2.05) is 13.0 Å². The zero-order valence-electron chi connectivity index (χ0n) is 6.93. The van der Waals surface area contributed by atoms with Gasteiger partial charge in [0.15, 0.2) is 0 Å². The Labute approximate surface area is 80.6 Å². The predicted octanol–water partition coefficient (Wildman–Crippen LogP) is 2.46. The third-order valence-corrected chi connectivity index (χ3v) is 1.94. The second-order valence-electron chi connectivity index (χ2n) is 2.96. The lowest BCUT2D eigenvalue weighted by atomic mass is 10.1. The van der Waals surface area contributed by atoms with Crippen LogP contribution in [-0.4, -0.2) is 9.97 Å². The molecule has 11 heavy (non-hydrogen) atoms. The lowest BCUT2D eigenvalue weighted by Crippen LogP contribution is -2.10. The molecule has 0 amide bonds. The zero-order chi connectivity index (χ0) is 8.48. The highest BCUT2D eigenvalue weighted by Gasteiger charge is 2.16. The average molecular weight is 262 g/mol. The molecular weight excluding hydrogens is 251 g/mol. The highest BCUT2D eigenvalue weighted by Crippen LogP contribution is 2.28. The summed E-state index contributed by atoms with van der Waals surface area (Å²) in [5.41, 5.74) is 1.09. The molecule has 0 unspecified atom stereocenters. The highest BCUT2D eigenvalue weighted by atomic mass is 127. The number of rotatable bonds is 1. The SMILES string of the molecule is Cc1nccc(C(C)(C)I)n1. The summed E-state index contributed by atoms with van der Waals surface area (Å²) < 4.78 is 0.103. The van der Waals surface area contributed by atoms with Gasteiger partial charge in [-0.1, -0.05) is 22.6 Å². The number of hydrogen-bond donors (Lipinski definition) is 0. The molecule has 0 fully saturated rings. The fraction of sp³-hybridized carbons (Fsp3) is 0.500. The molecule has 1 heterocycles. The van der Waals surface area contributed by atoms with Gasteiger partial charge in [0.25, 0.3) is 0 Å². The number of aryl methyl sites for hydroxylation is 1. The van der Waals surface area contributed by atoms with Crippen LogP contribution < -0.4 is 0 Å². The maximum Gasteiger partial charge on any atom is 0.125 e. The van der Waals surface area contributed by atoms with Crippen molar-refractivity contribution in [1.82, 2.24) is 9.97 Å². The predicted molar refractivity (Wildman–Crippen MR) is 53.8 cm³/mol. The Kier molecular flexibility index (Phi) is 2.47. The molecule has 1 aromatic rings. The third-order valence-electron chi connectivity index (χ3n) is 1.39. The summed E-state index contributed by atoms with van der Waals surface area (Å²) in [6.45, 7) is 6.18. The average Bonchev–Trinajstić information content (AvgIpc) is 1.86. The van der Waals surface area contributed by atoms with Gasteiger partial charge in [0.1, 0.15) is 5.82 Å². The molecular formula is C8H11IN2. The summed E-state index contributed by atoms with van der Waals surface area (Å²) >= 11 is 2.37. The monoisotopic (exact) mass is 262 g/mol. The van der Waals surface area contributed by atoms with E-state index < -0.39 is 0 Å². The van der Waals surface area contributed by atoms with Crippen LogP contribution in [0.4, 0.5) is 0 Å². The van der Waals surface area contributed by atoms with E-state index in [2.05, 4.69) is 46.4 Å². The Balaban J connectivity index is 3.06. The van der Waals surface area contributed by atoms with Gasteiger partial charge in [-0.15, -0.1) is 0 Å². The fourth-order valence-corrected chi connectivity index (χ4v) is 1.09. The molecule has 0 aromatic carbocycles. The molecule has 0 spiro atoms. The van der Waals surface area contributed by atoms with Gasteiger partial charge in [-0.2, -0.15) is 0 Å². The van der Waals surface area contributed by atoms with E-state index in [1.54, 1.807) is 6.20 Å². The molecule has 0 saturated carbocycles. The van der Waals surface area contributed by atoms with Gasteiger partial charge in [0.05, 0.1) is 9.12 Å². The van der Waals surface area contributed by atoms with E-state index >= 15 is 0 Å². The van der Waals surface area contributed by atoms with Crippen molar-refractivity contribution in [2.45, 2.75) is 24.2 Å². The van der Waals surface area contributed by atoms with Crippen molar-refractivity contribution in [3.05, 3.63) is 23.8 Å². The second-order valence-corrected chi connectivity index (χ2v) is 5.66. The first-order valence-corrected chi connectivity index (χ1v) is 4.57. The van der Waals surface area contributed by atoms with E-state index in [-0.39, 0.29) is 3.42 Å². The summed E-state index contributed by atoms with van der Waals surface area (Å²) in [4.78, 5) is 8.36. The standard InChI is InChI=1S/C8H11IN2/c1-6-10-5-4-7(11-6)8(2,3)9/h4-5H,1-3H3. The summed E-state index contributed by atoms with van der Waals surface area (Å²) in [6, 6.07) is 1.96. The van der Waals surface area contributed by atoms with Crippen molar-refractivity contribution in [3.8, 4) is 0 Å². The van der Waals surface area contributed by atoms with Crippen molar-refractivity contribution in [3.63, 3.8) is 0 Å². The molecule has 3 heteroatoms. The Morgan fingerprint density at radius 3 is 2.45 bits per heavy atom. The van der Waals surface area contributed by atoms with E-state index in [4.69, 9.17) is 0 Å². The number of alkyl halides is 1. The Morgan fingerprint density at radius 2 is 2.09 bits per heavy atom. The highest BCUT2D eigenvalue weighted by molar-refractivity contribution is 14.1. The zero-order valence-corrected chi connectivity index (χ0v) is 9.08. The topological polar surface area (TPSA) is 25.8 Å². The van der Waals surface area contributed by atoms with Gasteiger partial charge >= 0.3 is 0 Å². The van der Waals surface area contributed by atoms with E-state index in [0.717, 1.165) is 11.5 Å². The molecule has 1 rings (SSSR count). The number of halogens is 1. The van der Waals surface area contributed by atoms with Gasteiger partial charge in [-0.3, -0.25) is 0 Å². The summed E-state index contributed by atoms with van der Waals surface area (Å²) in [6.07, 6.45) is 1.80. The molecule has 0 saturated heterocycles. The molecule has 0 bridgehead atoms. The third kappa shape index (κ3) is 2.39. The lowest BCUT2D eigenvalue weighted by molar-refractivity contribution is 0.770. The van der Waals surface area contributed by atoms with Crippen molar-refractivity contribution in [2.24, 2.45) is 0 Å². The van der Waals surface area contributed by atoms with E-state index in [1.165, 1.54) is 0 Å². The van der Waals surface area contributed by atoms with Crippen molar-refractivity contribution in [2.75, 3.05) is 0 Å². The van der Waals surface area contributed by atoms with Crippen LogP contribution in [-0.2, 0) is 3.42 Å². The first-order valence-electron chi connectivity index (χ1n) is 3.49. The molecule has 0 aliphatic rings. The quantitative estimate of drug-likeness (QED) is 0.574. The Morgan fingerprint density at radius 1 is 1.45 bits per heavy atom. The molecule has 1 aromatic heterocycles. The molecule has 0 atom stereocenters. The lowest BCUT2D eigenvalue weighted by Gasteiger charge is -2.14. The first kappa shape index (κ1) is 8.90. The van der Waals surface area contributed by atoms with Gasteiger partial charge in [0, 0.05) is 6.20 Å². The van der Waals surface area contributed by atoms with Gasteiger partial charge < -0.3 is 0 Å². The molecule has 2 nitrogen and oxygen atoms in total. The number of hydrogen-bond acceptors (Lipinski definition) is 2. The minimum absolute atomic E-state index is 0.103. The largest absolute Gasteiger partial charge is 0.242 e. The molecule has 60 valence electrons. The molecule has 0 radical (unpaired) electrons. The first-order chi connectivity index (χ1) is 5.00. The summed E-state index contributed by atoms with van der Waals surface area (Å²) in [5, 5.41) is 0. The van der Waals surface area contributed by atoms with Crippen LogP contribution in [0.1, 0.15) is 25.4 Å². The van der Waals surface area contributed by atoms with Crippen LogP contribution in [0.3, 0.4) is 0 Å². The maximum absolute atomic E-state index is 4.33. The Bertz CT molecular complexity index is 253. The van der Waals surface area contributed by atoms with Gasteiger partial charge in [-0.25, -0.2) is 9.97 Å². The smallest absolute Gasteiger partial charge is 0.125 e. The second kappa shape index (κ2) is 3.05. The number of aromatic nitrogens is 2. The van der Waals surface area contributed by atoms with Crippen molar-refractivity contribution < 1.29 is 0 Å². The van der Waals surface area contributed by atoms with E-state index in [0.29, 0.717) is 0 Å². The fourth-order valence-electron chi connectivity index (χ4n) is 0.787. The summed E-state index contributed by atoms with van der Waals surface area (Å²) in [7, 11) is 0. The Hall–Kier alpha value is -0.190. The van der Waals surface area contributed by atoms with Crippen LogP contribution >= 0.6 is 22.6 Å². The molecule has 0 aliphatic heterocycles. The maximum atomic E-state index is 4.33. The van der Waals surface area contributed by atoms with Crippen LogP contribution in [0, 0.1) is 6.92 Å². The van der Waals surface area contributed by atoms with Crippen LogP contribution in [0.2, 0.25) is 0 Å². The van der Waals surface area contributed by atoms with Gasteiger partial charge in [-0.05, 0) is 26.8 Å². The van der Waals surface area contributed by atoms with Crippen molar-refractivity contribution in [1.29, 1.82) is 0 Å². The van der Waals surface area contributed by atoms with Crippen LogP contribution in [0.15, 0.2) is 12.3 Å². The molecule has 0 N–H and O–H groups in total. The number of nitrogens with zero attached hydrogens (tertiary/aromatic N) is 2.